The summed E-state index contributed by atoms with van der Waals surface area (Å²) in [4.78, 5) is 0. The molecule has 0 aliphatic heterocycles. The first-order valence-electron chi connectivity index (χ1n) is 6.68. The van der Waals surface area contributed by atoms with Crippen molar-refractivity contribution in [2.45, 2.75) is 18.8 Å². The average Bonchev–Trinajstić information content (AvgIpc) is 2.47. The van der Waals surface area contributed by atoms with Crippen molar-refractivity contribution in [1.82, 2.24) is 0 Å². The first kappa shape index (κ1) is 17.8. The fourth-order valence-electron chi connectivity index (χ4n) is 2.13. The van der Waals surface area contributed by atoms with Gasteiger partial charge in [-0.3, -0.25) is 0 Å². The molecule has 0 fully saturated rings. The molecule has 2 unspecified atom stereocenters. The third-order valence-electron chi connectivity index (χ3n) is 3.04. The fourth-order valence-corrected chi connectivity index (χ4v) is 2.13. The van der Waals surface area contributed by atoms with Gasteiger partial charge < -0.3 is 18.9 Å². The van der Waals surface area contributed by atoms with Crippen molar-refractivity contribution >= 4 is 0 Å². The molecule has 2 atom stereocenters. The van der Waals surface area contributed by atoms with Crippen LogP contribution in [-0.2, 0) is 25.6 Å². The summed E-state index contributed by atoms with van der Waals surface area (Å²) in [5, 5.41) is 0. The Kier molecular flexibility index (Phi) is 8.15. The molecule has 21 heavy (non-hydrogen) atoms. The monoisotopic (exact) mass is 298 g/mol. The van der Waals surface area contributed by atoms with Gasteiger partial charge in [-0.25, -0.2) is 4.39 Å². The molecule has 0 aromatic heterocycles. The lowest BCUT2D eigenvalue weighted by Crippen LogP contribution is -2.27. The average molecular weight is 298 g/mol. The summed E-state index contributed by atoms with van der Waals surface area (Å²) in [5.74, 6) is -0.334. The summed E-state index contributed by atoms with van der Waals surface area (Å²) < 4.78 is 35.0. The van der Waals surface area contributed by atoms with Gasteiger partial charge in [0.05, 0.1) is 19.8 Å². The lowest BCUT2D eigenvalue weighted by molar-refractivity contribution is -0.0697. The van der Waals surface area contributed by atoms with Crippen molar-refractivity contribution < 1.29 is 23.3 Å². The third-order valence-corrected chi connectivity index (χ3v) is 3.04. The van der Waals surface area contributed by atoms with E-state index in [0.29, 0.717) is 25.4 Å². The highest BCUT2D eigenvalue weighted by Gasteiger charge is 2.23. The number of benzene rings is 1. The normalized spacial score (nSPS) is 13.9. The summed E-state index contributed by atoms with van der Waals surface area (Å²) in [6.45, 7) is 4.66. The molecule has 1 rings (SSSR count). The highest BCUT2D eigenvalue weighted by atomic mass is 19.1. The number of ether oxygens (including phenoxy) is 4. The van der Waals surface area contributed by atoms with Gasteiger partial charge in [-0.2, -0.15) is 0 Å². The lowest BCUT2D eigenvalue weighted by Gasteiger charge is -2.25. The van der Waals surface area contributed by atoms with Crippen LogP contribution < -0.4 is 0 Å². The van der Waals surface area contributed by atoms with Crippen LogP contribution in [0.15, 0.2) is 30.9 Å². The van der Waals surface area contributed by atoms with Gasteiger partial charge in [0.15, 0.2) is 0 Å². The molecule has 1 aromatic carbocycles. The molecule has 1 aromatic rings. The van der Waals surface area contributed by atoms with Gasteiger partial charge in [0, 0.05) is 21.3 Å². The maximum atomic E-state index is 13.8. The molecule has 0 heterocycles. The van der Waals surface area contributed by atoms with Crippen LogP contribution in [0.5, 0.6) is 0 Å². The minimum Gasteiger partial charge on any atom is -0.382 e. The highest BCUT2D eigenvalue weighted by Crippen LogP contribution is 2.25. The molecule has 0 N–H and O–H groups in total. The van der Waals surface area contributed by atoms with Crippen molar-refractivity contribution in [3.8, 4) is 0 Å². The Bertz CT molecular complexity index is 436. The molecular weight excluding hydrogens is 275 g/mol. The minimum absolute atomic E-state index is 0.315. The van der Waals surface area contributed by atoms with Gasteiger partial charge in [0.1, 0.15) is 18.0 Å². The fraction of sp³-hybridized carbons (Fsp3) is 0.500. The van der Waals surface area contributed by atoms with Gasteiger partial charge in [-0.15, -0.1) is 6.58 Å². The van der Waals surface area contributed by atoms with Crippen LogP contribution in [0.2, 0.25) is 0 Å². The van der Waals surface area contributed by atoms with Crippen molar-refractivity contribution in [1.29, 1.82) is 0 Å². The Morgan fingerprint density at radius 2 is 1.95 bits per heavy atom. The summed E-state index contributed by atoms with van der Waals surface area (Å²) in [6, 6.07) is 4.73. The Hall–Kier alpha value is -1.27. The molecular formula is C16H23FO4. The second kappa shape index (κ2) is 9.63. The van der Waals surface area contributed by atoms with E-state index in [-0.39, 0.29) is 11.9 Å². The smallest absolute Gasteiger partial charge is 0.123 e. The van der Waals surface area contributed by atoms with E-state index in [1.807, 2.05) is 6.07 Å². The van der Waals surface area contributed by atoms with E-state index in [4.69, 9.17) is 18.9 Å². The number of hydrogen-bond acceptors (Lipinski definition) is 4. The van der Waals surface area contributed by atoms with E-state index >= 15 is 0 Å². The van der Waals surface area contributed by atoms with Gasteiger partial charge in [0.25, 0.3) is 0 Å². The molecule has 0 saturated carbocycles. The Balaban J connectivity index is 2.94. The molecule has 0 aliphatic carbocycles. The van der Waals surface area contributed by atoms with Gasteiger partial charge in [-0.1, -0.05) is 12.1 Å². The Morgan fingerprint density at radius 3 is 2.52 bits per heavy atom. The van der Waals surface area contributed by atoms with Crippen molar-refractivity contribution in [2.75, 3.05) is 34.5 Å². The molecule has 0 amide bonds. The Morgan fingerprint density at radius 1 is 1.19 bits per heavy atom. The predicted molar refractivity (Wildman–Crippen MR) is 78.7 cm³/mol. The zero-order valence-corrected chi connectivity index (χ0v) is 12.8. The topological polar surface area (TPSA) is 36.9 Å². The van der Waals surface area contributed by atoms with E-state index in [1.165, 1.54) is 12.1 Å². The second-order valence-corrected chi connectivity index (χ2v) is 4.58. The van der Waals surface area contributed by atoms with Crippen molar-refractivity contribution in [2.24, 2.45) is 0 Å². The van der Waals surface area contributed by atoms with Gasteiger partial charge in [0.2, 0.25) is 0 Å². The maximum absolute atomic E-state index is 13.8. The first-order chi connectivity index (χ1) is 10.2. The lowest BCUT2D eigenvalue weighted by atomic mass is 10.0. The summed E-state index contributed by atoms with van der Waals surface area (Å²) in [7, 11) is 4.72. The summed E-state index contributed by atoms with van der Waals surface area (Å²) in [6.07, 6.45) is 0.921. The molecule has 0 radical (unpaired) electrons. The zero-order valence-electron chi connectivity index (χ0n) is 12.8. The quantitative estimate of drug-likeness (QED) is 0.492. The predicted octanol–water partition coefficient (Wildman–Crippen LogP) is 2.88. The van der Waals surface area contributed by atoms with Crippen LogP contribution >= 0.6 is 0 Å². The first-order valence-corrected chi connectivity index (χ1v) is 6.68. The number of halogens is 1. The van der Waals surface area contributed by atoms with Crippen molar-refractivity contribution in [3.63, 3.8) is 0 Å². The molecule has 5 heteroatoms. The maximum Gasteiger partial charge on any atom is 0.123 e. The Labute approximate surface area is 125 Å². The number of rotatable bonds is 10. The summed E-state index contributed by atoms with van der Waals surface area (Å²) >= 11 is 0. The molecule has 0 saturated heterocycles. The van der Waals surface area contributed by atoms with Crippen LogP contribution in [0.1, 0.15) is 17.2 Å². The minimum atomic E-state index is -0.413. The van der Waals surface area contributed by atoms with Crippen LogP contribution in [-0.4, -0.2) is 40.6 Å². The molecule has 118 valence electrons. The van der Waals surface area contributed by atoms with E-state index in [2.05, 4.69) is 6.58 Å². The van der Waals surface area contributed by atoms with Gasteiger partial charge >= 0.3 is 0 Å². The zero-order chi connectivity index (χ0) is 15.7. The van der Waals surface area contributed by atoms with Gasteiger partial charge in [-0.05, 0) is 23.3 Å². The van der Waals surface area contributed by atoms with Crippen LogP contribution in [0, 0.1) is 5.82 Å². The molecule has 0 aliphatic rings. The summed E-state index contributed by atoms with van der Waals surface area (Å²) in [5.41, 5.74) is 1.43. The van der Waals surface area contributed by atoms with Crippen LogP contribution in [0.4, 0.5) is 4.39 Å². The highest BCUT2D eigenvalue weighted by molar-refractivity contribution is 5.27. The standard InChI is InChI=1S/C16H23FO4/c1-5-6-21-10-12-7-13(9-14(17)8-12)16(20-4)15(19-3)11-18-2/h5,7-9,15-16H,1,6,10-11H2,2-4H3. The number of hydrogen-bond donors (Lipinski definition) is 0. The largest absolute Gasteiger partial charge is 0.382 e. The van der Waals surface area contributed by atoms with Crippen molar-refractivity contribution in [3.05, 3.63) is 47.8 Å². The molecule has 0 bridgehead atoms. The van der Waals surface area contributed by atoms with Crippen LogP contribution in [0.3, 0.4) is 0 Å². The second-order valence-electron chi connectivity index (χ2n) is 4.58. The molecule has 4 nitrogen and oxygen atoms in total. The van der Waals surface area contributed by atoms with E-state index < -0.39 is 6.10 Å². The SMILES string of the molecule is C=CCOCc1cc(F)cc(C(OC)C(COC)OC)c1. The van der Waals surface area contributed by atoms with E-state index in [0.717, 1.165) is 5.56 Å². The molecule has 0 spiro atoms. The van der Waals surface area contributed by atoms with E-state index in [1.54, 1.807) is 27.4 Å². The third kappa shape index (κ3) is 5.55. The van der Waals surface area contributed by atoms with E-state index in [9.17, 15) is 4.39 Å². The van der Waals surface area contributed by atoms with Crippen LogP contribution in [0.25, 0.3) is 0 Å². The number of methoxy groups -OCH3 is 3.